The Morgan fingerprint density at radius 3 is 2.77 bits per heavy atom. The second-order valence-electron chi connectivity index (χ2n) is 9.22. The van der Waals surface area contributed by atoms with Crippen molar-refractivity contribution in [2.24, 2.45) is 0 Å². The maximum Gasteiger partial charge on any atom is 0.274 e. The maximum absolute atomic E-state index is 13.2. The summed E-state index contributed by atoms with van der Waals surface area (Å²) in [6, 6.07) is 16.8. The van der Waals surface area contributed by atoms with Crippen molar-refractivity contribution in [3.8, 4) is 5.75 Å². The molecule has 1 unspecified atom stereocenters. The van der Waals surface area contributed by atoms with Crippen LogP contribution in [0.4, 0.5) is 11.4 Å². The van der Waals surface area contributed by atoms with Crippen LogP contribution >= 0.6 is 0 Å². The molecule has 2 amide bonds. The summed E-state index contributed by atoms with van der Waals surface area (Å²) in [6.07, 6.45) is 1.84. The predicted molar refractivity (Wildman–Crippen MR) is 128 cm³/mol. The SMILES string of the molecule is CN1C(=O)C(NC(=O)c2cc(Cc3ccccc3)on2)COc2ccc(N3C[C@@H]4C[C@H]3CO4)cc21. The van der Waals surface area contributed by atoms with E-state index in [0.717, 1.165) is 30.8 Å². The number of ether oxygens (including phenoxy) is 2. The molecule has 9 heteroatoms. The van der Waals surface area contributed by atoms with Gasteiger partial charge in [0.25, 0.3) is 11.8 Å². The van der Waals surface area contributed by atoms with Crippen LogP contribution in [-0.4, -0.2) is 62.0 Å². The molecule has 3 aliphatic rings. The van der Waals surface area contributed by atoms with Crippen molar-refractivity contribution >= 4 is 23.2 Å². The van der Waals surface area contributed by atoms with E-state index in [2.05, 4.69) is 15.4 Å². The summed E-state index contributed by atoms with van der Waals surface area (Å²) in [6.45, 7) is 1.61. The van der Waals surface area contributed by atoms with Gasteiger partial charge in [-0.1, -0.05) is 35.5 Å². The highest BCUT2D eigenvalue weighted by atomic mass is 16.5. The van der Waals surface area contributed by atoms with Gasteiger partial charge in [-0.25, -0.2) is 0 Å². The fraction of sp³-hybridized carbons (Fsp3) is 0.346. The molecule has 3 aliphatic heterocycles. The van der Waals surface area contributed by atoms with Gasteiger partial charge in [-0.05, 0) is 30.2 Å². The number of rotatable bonds is 5. The Balaban J connectivity index is 1.15. The molecule has 2 saturated heterocycles. The molecule has 2 aromatic carbocycles. The average Bonchev–Trinajstić information content (AvgIpc) is 3.62. The number of anilines is 2. The molecule has 0 saturated carbocycles. The van der Waals surface area contributed by atoms with Crippen LogP contribution in [0.3, 0.4) is 0 Å². The van der Waals surface area contributed by atoms with Gasteiger partial charge in [0.2, 0.25) is 0 Å². The van der Waals surface area contributed by atoms with E-state index in [1.165, 1.54) is 0 Å². The minimum Gasteiger partial charge on any atom is -0.489 e. The zero-order chi connectivity index (χ0) is 23.9. The number of aromatic nitrogens is 1. The minimum absolute atomic E-state index is 0.0260. The second-order valence-corrected chi connectivity index (χ2v) is 9.22. The molecule has 1 aromatic heterocycles. The summed E-state index contributed by atoms with van der Waals surface area (Å²) < 4.78 is 17.0. The molecular weight excluding hydrogens is 448 g/mol. The van der Waals surface area contributed by atoms with Crippen LogP contribution in [0, 0.1) is 0 Å². The lowest BCUT2D eigenvalue weighted by Crippen LogP contribution is -2.49. The van der Waals surface area contributed by atoms with Crippen LogP contribution in [0.25, 0.3) is 0 Å². The van der Waals surface area contributed by atoms with Crippen molar-refractivity contribution in [3.63, 3.8) is 0 Å². The number of nitrogens with zero attached hydrogens (tertiary/aromatic N) is 3. The van der Waals surface area contributed by atoms with Gasteiger partial charge in [-0.2, -0.15) is 0 Å². The first-order chi connectivity index (χ1) is 17.0. The number of benzene rings is 2. The first-order valence-corrected chi connectivity index (χ1v) is 11.8. The zero-order valence-corrected chi connectivity index (χ0v) is 19.3. The lowest BCUT2D eigenvalue weighted by atomic mass is 10.1. The standard InChI is InChI=1S/C26H26N4O5/c1-29-23-11-17(30-13-20-10-18(30)14-33-20)7-8-24(23)34-15-22(26(29)32)27-25(31)21-12-19(35-28-21)9-16-5-3-2-4-6-16/h2-8,11-12,18,20,22H,9-10,13-15H2,1H3,(H,27,31)/t18-,20-,22?/m0/s1. The van der Waals surface area contributed by atoms with E-state index in [9.17, 15) is 9.59 Å². The molecule has 4 heterocycles. The number of likely N-dealkylation sites (N-methyl/N-ethyl adjacent to an activating group) is 1. The molecule has 35 heavy (non-hydrogen) atoms. The molecule has 1 N–H and O–H groups in total. The topological polar surface area (TPSA) is 97.1 Å². The fourth-order valence-corrected chi connectivity index (χ4v) is 5.02. The second kappa shape index (κ2) is 8.74. The van der Waals surface area contributed by atoms with Crippen molar-refractivity contribution in [1.82, 2.24) is 10.5 Å². The Bertz CT molecular complexity index is 1260. The zero-order valence-electron chi connectivity index (χ0n) is 19.3. The summed E-state index contributed by atoms with van der Waals surface area (Å²) >= 11 is 0. The number of morpholine rings is 1. The van der Waals surface area contributed by atoms with Crippen molar-refractivity contribution < 1.29 is 23.6 Å². The van der Waals surface area contributed by atoms with Crippen LogP contribution in [0.15, 0.2) is 59.1 Å². The number of carbonyl (C=O) groups excluding carboxylic acids is 2. The summed E-state index contributed by atoms with van der Waals surface area (Å²) in [5, 5.41) is 6.65. The molecule has 180 valence electrons. The number of fused-ring (bicyclic) bond motifs is 3. The van der Waals surface area contributed by atoms with Gasteiger partial charge in [-0.3, -0.25) is 9.59 Å². The van der Waals surface area contributed by atoms with E-state index in [-0.39, 0.29) is 24.3 Å². The third-order valence-electron chi connectivity index (χ3n) is 6.89. The third kappa shape index (κ3) is 4.12. The monoisotopic (exact) mass is 474 g/mol. The summed E-state index contributed by atoms with van der Waals surface area (Å²) in [4.78, 5) is 29.9. The smallest absolute Gasteiger partial charge is 0.274 e. The molecule has 0 aliphatic carbocycles. The minimum atomic E-state index is -0.853. The lowest BCUT2D eigenvalue weighted by Gasteiger charge is -2.30. The van der Waals surface area contributed by atoms with E-state index in [4.69, 9.17) is 14.0 Å². The van der Waals surface area contributed by atoms with Crippen LogP contribution in [0.5, 0.6) is 5.75 Å². The molecule has 2 fully saturated rings. The Morgan fingerprint density at radius 2 is 2.00 bits per heavy atom. The maximum atomic E-state index is 13.2. The largest absolute Gasteiger partial charge is 0.489 e. The highest BCUT2D eigenvalue weighted by molar-refractivity contribution is 6.03. The van der Waals surface area contributed by atoms with E-state index < -0.39 is 11.9 Å². The lowest BCUT2D eigenvalue weighted by molar-refractivity contribution is -0.120. The van der Waals surface area contributed by atoms with E-state index in [0.29, 0.717) is 29.7 Å². The molecule has 3 atom stereocenters. The molecule has 0 spiro atoms. The predicted octanol–water partition coefficient (Wildman–Crippen LogP) is 2.40. The van der Waals surface area contributed by atoms with Gasteiger partial charge in [0.15, 0.2) is 5.69 Å². The van der Waals surface area contributed by atoms with E-state index in [1.54, 1.807) is 18.0 Å². The van der Waals surface area contributed by atoms with Gasteiger partial charge in [-0.15, -0.1) is 0 Å². The van der Waals surface area contributed by atoms with Crippen molar-refractivity contribution in [1.29, 1.82) is 0 Å². The Hall–Kier alpha value is -3.85. The van der Waals surface area contributed by atoms with Crippen LogP contribution in [-0.2, 0) is 16.0 Å². The van der Waals surface area contributed by atoms with E-state index in [1.807, 2.05) is 48.5 Å². The molecule has 3 aromatic rings. The van der Waals surface area contributed by atoms with Crippen molar-refractivity contribution in [3.05, 3.63) is 71.6 Å². The summed E-state index contributed by atoms with van der Waals surface area (Å²) in [5.74, 6) is 0.438. The Labute approximate surface area is 202 Å². The van der Waals surface area contributed by atoms with Gasteiger partial charge >= 0.3 is 0 Å². The molecule has 2 bridgehead atoms. The van der Waals surface area contributed by atoms with Gasteiger partial charge in [0.1, 0.15) is 24.2 Å². The highest BCUT2D eigenvalue weighted by Crippen LogP contribution is 2.38. The Kier molecular flexibility index (Phi) is 5.41. The Morgan fingerprint density at radius 1 is 1.14 bits per heavy atom. The fourth-order valence-electron chi connectivity index (χ4n) is 5.02. The van der Waals surface area contributed by atoms with Gasteiger partial charge < -0.3 is 29.1 Å². The normalized spacial score (nSPS) is 23.1. The molecule has 6 rings (SSSR count). The summed E-state index contributed by atoms with van der Waals surface area (Å²) in [5.41, 5.74) is 2.90. The number of hydrogen-bond acceptors (Lipinski definition) is 7. The van der Waals surface area contributed by atoms with Gasteiger partial charge in [0, 0.05) is 31.8 Å². The van der Waals surface area contributed by atoms with Crippen molar-refractivity contribution in [2.75, 3.05) is 36.6 Å². The number of hydrogen-bond donors (Lipinski definition) is 1. The first kappa shape index (κ1) is 21.7. The number of nitrogens with one attached hydrogen (secondary N) is 1. The number of amides is 2. The van der Waals surface area contributed by atoms with E-state index >= 15 is 0 Å². The third-order valence-corrected chi connectivity index (χ3v) is 6.89. The molecule has 9 nitrogen and oxygen atoms in total. The van der Waals surface area contributed by atoms with Crippen LogP contribution in [0.1, 0.15) is 28.2 Å². The molecular formula is C26H26N4O5. The quantitative estimate of drug-likeness (QED) is 0.607. The van der Waals surface area contributed by atoms with Crippen molar-refractivity contribution in [2.45, 2.75) is 31.0 Å². The number of carbonyl (C=O) groups is 2. The highest BCUT2D eigenvalue weighted by Gasteiger charge is 2.39. The van der Waals surface area contributed by atoms with Crippen LogP contribution in [0.2, 0.25) is 0 Å². The van der Waals surface area contributed by atoms with Gasteiger partial charge in [0.05, 0.1) is 24.4 Å². The molecule has 0 radical (unpaired) electrons. The van der Waals surface area contributed by atoms with Crippen LogP contribution < -0.4 is 19.9 Å². The average molecular weight is 475 g/mol. The first-order valence-electron chi connectivity index (χ1n) is 11.8. The summed E-state index contributed by atoms with van der Waals surface area (Å²) in [7, 11) is 1.70.